The molecule has 0 unspecified atom stereocenters. The zero-order valence-electron chi connectivity index (χ0n) is 7.29. The molecular formula is C11H11NO. The fourth-order valence-electron chi connectivity index (χ4n) is 1.08. The second kappa shape index (κ2) is 5.13. The van der Waals surface area contributed by atoms with Crippen LogP contribution in [0.5, 0.6) is 0 Å². The van der Waals surface area contributed by atoms with Crippen molar-refractivity contribution in [2.24, 2.45) is 5.73 Å². The lowest BCUT2D eigenvalue weighted by Gasteiger charge is -1.97. The highest BCUT2D eigenvalue weighted by Gasteiger charge is 1.91. The summed E-state index contributed by atoms with van der Waals surface area (Å²) in [4.78, 5) is 10.00. The molecule has 0 saturated carbocycles. The molecule has 0 bridgehead atoms. The van der Waals surface area contributed by atoms with E-state index in [4.69, 9.17) is 5.73 Å². The summed E-state index contributed by atoms with van der Waals surface area (Å²) >= 11 is 0. The van der Waals surface area contributed by atoms with Crippen LogP contribution in [0.25, 0.3) is 0 Å². The van der Waals surface area contributed by atoms with Gasteiger partial charge in [0.1, 0.15) is 0 Å². The first-order chi connectivity index (χ1) is 6.36. The normalized spacial score (nSPS) is 8.69. The minimum absolute atomic E-state index is 0.593. The van der Waals surface area contributed by atoms with Gasteiger partial charge in [0.2, 0.25) is 0 Å². The van der Waals surface area contributed by atoms with Gasteiger partial charge in [0.15, 0.2) is 6.29 Å². The SMILES string of the molecule is NCCc1cccc(C#CC=O)c1. The molecule has 0 radical (unpaired) electrons. The highest BCUT2D eigenvalue weighted by molar-refractivity contribution is 5.73. The topological polar surface area (TPSA) is 43.1 Å². The largest absolute Gasteiger partial charge is 0.330 e. The summed E-state index contributed by atoms with van der Waals surface area (Å²) in [6.45, 7) is 0.630. The predicted octanol–water partition coefficient (Wildman–Crippen LogP) is 0.738. The standard InChI is InChI=1S/C11H11NO/c12-7-6-11-4-1-3-10(9-11)5-2-8-13/h1,3-4,8-9H,6-7,12H2. The van der Waals surface area contributed by atoms with Crippen LogP contribution in [0, 0.1) is 11.8 Å². The van der Waals surface area contributed by atoms with E-state index in [1.807, 2.05) is 24.3 Å². The number of aldehydes is 1. The molecule has 0 aliphatic heterocycles. The predicted molar refractivity (Wildman–Crippen MR) is 52.1 cm³/mol. The van der Waals surface area contributed by atoms with Crippen LogP contribution in [0.1, 0.15) is 11.1 Å². The van der Waals surface area contributed by atoms with Gasteiger partial charge in [-0.05, 0) is 36.6 Å². The van der Waals surface area contributed by atoms with Gasteiger partial charge in [0.05, 0.1) is 0 Å². The zero-order chi connectivity index (χ0) is 9.52. The summed E-state index contributed by atoms with van der Waals surface area (Å²) in [5.41, 5.74) is 7.43. The van der Waals surface area contributed by atoms with Gasteiger partial charge in [-0.3, -0.25) is 4.79 Å². The molecule has 0 spiro atoms. The Hall–Kier alpha value is -1.59. The van der Waals surface area contributed by atoms with Crippen molar-refractivity contribution in [3.63, 3.8) is 0 Å². The number of carbonyl (C=O) groups is 1. The molecule has 0 aliphatic rings. The molecule has 66 valence electrons. The number of rotatable bonds is 2. The highest BCUT2D eigenvalue weighted by Crippen LogP contribution is 2.03. The maximum Gasteiger partial charge on any atom is 0.193 e. The van der Waals surface area contributed by atoms with Crippen molar-refractivity contribution in [1.82, 2.24) is 0 Å². The van der Waals surface area contributed by atoms with Crippen molar-refractivity contribution in [1.29, 1.82) is 0 Å². The molecule has 1 aromatic rings. The molecule has 1 rings (SSSR count). The van der Waals surface area contributed by atoms with E-state index in [0.717, 1.165) is 17.5 Å². The van der Waals surface area contributed by atoms with Crippen LogP contribution in [0.15, 0.2) is 24.3 Å². The quantitative estimate of drug-likeness (QED) is 0.529. The number of nitrogens with two attached hydrogens (primary N) is 1. The summed E-state index contributed by atoms with van der Waals surface area (Å²) in [7, 11) is 0. The van der Waals surface area contributed by atoms with Crippen molar-refractivity contribution in [2.75, 3.05) is 6.54 Å². The fraction of sp³-hybridized carbons (Fsp3) is 0.182. The molecule has 2 nitrogen and oxygen atoms in total. The lowest BCUT2D eigenvalue weighted by atomic mass is 10.1. The Labute approximate surface area is 77.8 Å². The van der Waals surface area contributed by atoms with E-state index in [1.165, 1.54) is 0 Å². The lowest BCUT2D eigenvalue weighted by molar-refractivity contribution is -0.103. The third-order valence-corrected chi connectivity index (χ3v) is 1.64. The second-order valence-electron chi connectivity index (χ2n) is 2.63. The second-order valence-corrected chi connectivity index (χ2v) is 2.63. The van der Waals surface area contributed by atoms with Gasteiger partial charge in [-0.2, -0.15) is 0 Å². The molecule has 1 aromatic carbocycles. The highest BCUT2D eigenvalue weighted by atomic mass is 16.1. The van der Waals surface area contributed by atoms with Crippen molar-refractivity contribution in [3.8, 4) is 11.8 Å². The fourth-order valence-corrected chi connectivity index (χ4v) is 1.08. The number of carbonyl (C=O) groups excluding carboxylic acids is 1. The molecule has 13 heavy (non-hydrogen) atoms. The molecule has 0 saturated heterocycles. The Bertz CT molecular complexity index is 347. The first-order valence-corrected chi connectivity index (χ1v) is 4.11. The van der Waals surface area contributed by atoms with Gasteiger partial charge in [-0.25, -0.2) is 0 Å². The monoisotopic (exact) mass is 173 g/mol. The Morgan fingerprint density at radius 2 is 2.31 bits per heavy atom. The Morgan fingerprint density at radius 3 is 3.00 bits per heavy atom. The van der Waals surface area contributed by atoms with Crippen molar-refractivity contribution in [2.45, 2.75) is 6.42 Å². The first kappa shape index (κ1) is 9.50. The molecule has 2 N–H and O–H groups in total. The molecule has 0 fully saturated rings. The van der Waals surface area contributed by atoms with E-state index < -0.39 is 0 Å². The molecular weight excluding hydrogens is 162 g/mol. The summed E-state index contributed by atoms with van der Waals surface area (Å²) in [5, 5.41) is 0. The van der Waals surface area contributed by atoms with Crippen LogP contribution in [-0.2, 0) is 11.2 Å². The number of benzene rings is 1. The van der Waals surface area contributed by atoms with Gasteiger partial charge >= 0.3 is 0 Å². The van der Waals surface area contributed by atoms with E-state index >= 15 is 0 Å². The average Bonchev–Trinajstić information content (AvgIpc) is 2.16. The Kier molecular flexibility index (Phi) is 3.74. The minimum Gasteiger partial charge on any atom is -0.330 e. The van der Waals surface area contributed by atoms with Crippen molar-refractivity contribution >= 4 is 6.29 Å². The third-order valence-electron chi connectivity index (χ3n) is 1.64. The van der Waals surface area contributed by atoms with Crippen LogP contribution < -0.4 is 5.73 Å². The summed E-state index contributed by atoms with van der Waals surface area (Å²) in [5.74, 6) is 5.11. The van der Waals surface area contributed by atoms with E-state index in [1.54, 1.807) is 0 Å². The Morgan fingerprint density at radius 1 is 1.46 bits per heavy atom. The molecule has 0 aliphatic carbocycles. The van der Waals surface area contributed by atoms with E-state index in [0.29, 0.717) is 12.8 Å². The minimum atomic E-state index is 0.593. The molecule has 0 atom stereocenters. The van der Waals surface area contributed by atoms with Gasteiger partial charge < -0.3 is 5.73 Å². The first-order valence-electron chi connectivity index (χ1n) is 4.11. The van der Waals surface area contributed by atoms with E-state index in [2.05, 4.69) is 11.8 Å². The van der Waals surface area contributed by atoms with E-state index in [-0.39, 0.29) is 0 Å². The van der Waals surface area contributed by atoms with Crippen LogP contribution in [0.2, 0.25) is 0 Å². The van der Waals surface area contributed by atoms with Crippen LogP contribution in [0.4, 0.5) is 0 Å². The molecule has 2 heteroatoms. The summed E-state index contributed by atoms with van der Waals surface area (Å²) in [6, 6.07) is 7.73. The maximum atomic E-state index is 10.00. The van der Waals surface area contributed by atoms with Crippen LogP contribution in [0.3, 0.4) is 0 Å². The van der Waals surface area contributed by atoms with Gasteiger partial charge in [0, 0.05) is 5.56 Å². The van der Waals surface area contributed by atoms with Gasteiger partial charge in [-0.15, -0.1) is 0 Å². The Balaban J connectivity index is 2.84. The van der Waals surface area contributed by atoms with Crippen molar-refractivity contribution < 1.29 is 4.79 Å². The zero-order valence-corrected chi connectivity index (χ0v) is 7.29. The maximum absolute atomic E-state index is 10.00. The molecule has 0 amide bonds. The number of hydrogen-bond donors (Lipinski definition) is 1. The molecule has 0 aromatic heterocycles. The summed E-state index contributed by atoms with van der Waals surface area (Å²) < 4.78 is 0. The number of hydrogen-bond acceptors (Lipinski definition) is 2. The van der Waals surface area contributed by atoms with Gasteiger partial charge in [0.25, 0.3) is 0 Å². The van der Waals surface area contributed by atoms with E-state index in [9.17, 15) is 4.79 Å². The van der Waals surface area contributed by atoms with Crippen LogP contribution >= 0.6 is 0 Å². The lowest BCUT2D eigenvalue weighted by Crippen LogP contribution is -2.02. The summed E-state index contributed by atoms with van der Waals surface area (Å²) in [6.07, 6.45) is 1.44. The smallest absolute Gasteiger partial charge is 0.193 e. The molecule has 0 heterocycles. The van der Waals surface area contributed by atoms with Crippen LogP contribution in [-0.4, -0.2) is 12.8 Å². The third kappa shape index (κ3) is 3.10. The van der Waals surface area contributed by atoms with Crippen molar-refractivity contribution in [3.05, 3.63) is 35.4 Å². The van der Waals surface area contributed by atoms with Gasteiger partial charge in [-0.1, -0.05) is 18.1 Å². The average molecular weight is 173 g/mol.